The molecule has 0 aromatic carbocycles. The SMILES string of the molecule is COC(=O)N[C@H](C(=O)N1CCC[C@H]1ON/C=C(\N)C1=CCC(c2ccc(C3C=CC(c4nc([C@@H]5CCCN5C(=O)[C@@H](NC(=O)OC)C(C)C)[nH]c4Br)=CC3)n2C2C=CC(C3CC3)=CC2)C=C1)C(C)C. The number of imidazole rings is 1. The van der Waals surface area contributed by atoms with Gasteiger partial charge in [-0.25, -0.2) is 14.6 Å². The van der Waals surface area contributed by atoms with Crippen LogP contribution in [0.25, 0.3) is 5.57 Å². The molecule has 6 aliphatic rings. The van der Waals surface area contributed by atoms with E-state index in [1.54, 1.807) is 11.1 Å². The van der Waals surface area contributed by atoms with Gasteiger partial charge in [0, 0.05) is 42.5 Å². The molecule has 8 rings (SSSR count). The molecule has 69 heavy (non-hydrogen) atoms. The Morgan fingerprint density at radius 2 is 1.42 bits per heavy atom. The lowest BCUT2D eigenvalue weighted by atomic mass is 9.91. The zero-order valence-corrected chi connectivity index (χ0v) is 42.2. The first-order valence-corrected chi connectivity index (χ1v) is 25.3. The standard InChI is InChI=1S/C52H68BrN9O7/c1-30(2)44(57-51(65)67-5)49(63)60-27-7-9-42(60)48-56-46(47(53)59-48)37-19-17-36(18-20-37)41-26-25-40(62(41)38-23-21-33(22-24-38)32-11-12-32)35-15-13-34(14-16-35)39(54)29-55-69-43-10-8-28-61(43)50(64)45(31(3)4)58-52(66)68-6/h13-15,17,19-23,25-26,29-32,35-36,38,42-45,55H,7-12,16,18,24,27-28,54H2,1-6H3,(H,56,59)(H,57,65)(H,58,66)/b39-29-/t35?,36?,38?,42-,43+,44-,45-/m0/s1. The molecule has 0 bridgehead atoms. The molecule has 6 N–H and O–H groups in total. The van der Waals surface area contributed by atoms with Crippen molar-refractivity contribution in [1.82, 2.24) is 40.4 Å². The highest BCUT2D eigenvalue weighted by Gasteiger charge is 2.39. The molecule has 3 unspecified atom stereocenters. The zero-order chi connectivity index (χ0) is 48.9. The molecule has 2 aromatic rings. The van der Waals surface area contributed by atoms with E-state index in [4.69, 9.17) is 25.0 Å². The van der Waals surface area contributed by atoms with Crippen molar-refractivity contribution in [3.05, 3.63) is 117 Å². The van der Waals surface area contributed by atoms with Crippen molar-refractivity contribution < 1.29 is 33.5 Å². The maximum Gasteiger partial charge on any atom is 0.407 e. The third kappa shape index (κ3) is 11.1. The summed E-state index contributed by atoms with van der Waals surface area (Å²) in [6.07, 6.45) is 28.3. The van der Waals surface area contributed by atoms with Crippen LogP contribution in [0.2, 0.25) is 0 Å². The second-order valence-corrected chi connectivity index (χ2v) is 20.4. The van der Waals surface area contributed by atoms with Crippen molar-refractivity contribution in [1.29, 1.82) is 0 Å². The number of methoxy groups -OCH3 is 2. The Bertz CT molecular complexity index is 2470. The van der Waals surface area contributed by atoms with Gasteiger partial charge in [0.1, 0.15) is 28.2 Å². The van der Waals surface area contributed by atoms with E-state index in [1.165, 1.54) is 44.0 Å². The number of carbonyl (C=O) groups excluding carboxylic acids is 4. The van der Waals surface area contributed by atoms with E-state index < -0.39 is 30.5 Å². The fraction of sp³-hybridized carbons (Fsp3) is 0.519. The third-order valence-electron chi connectivity index (χ3n) is 14.2. The van der Waals surface area contributed by atoms with E-state index in [9.17, 15) is 19.2 Å². The highest BCUT2D eigenvalue weighted by atomic mass is 79.9. The fourth-order valence-corrected chi connectivity index (χ4v) is 10.8. The van der Waals surface area contributed by atoms with Gasteiger partial charge in [-0.3, -0.25) is 19.9 Å². The molecule has 4 heterocycles. The Morgan fingerprint density at radius 3 is 1.99 bits per heavy atom. The maximum atomic E-state index is 13.8. The molecule has 16 nitrogen and oxygen atoms in total. The molecular weight excluding hydrogens is 943 g/mol. The van der Waals surface area contributed by atoms with Crippen molar-refractivity contribution in [3.63, 3.8) is 0 Å². The molecule has 17 heteroatoms. The average molecular weight is 1010 g/mol. The number of hydroxylamine groups is 1. The number of hydrogen-bond donors (Lipinski definition) is 5. The van der Waals surface area contributed by atoms with Gasteiger partial charge in [0.25, 0.3) is 0 Å². The van der Waals surface area contributed by atoms with E-state index >= 15 is 0 Å². The Kier molecular flexibility index (Phi) is 15.7. The first-order valence-electron chi connectivity index (χ1n) is 24.5. The molecule has 7 atom stereocenters. The molecule has 0 radical (unpaired) electrons. The monoisotopic (exact) mass is 1010 g/mol. The summed E-state index contributed by atoms with van der Waals surface area (Å²) >= 11 is 3.76. The molecule has 4 aliphatic carbocycles. The summed E-state index contributed by atoms with van der Waals surface area (Å²) < 4.78 is 12.9. The zero-order valence-electron chi connectivity index (χ0n) is 40.6. The van der Waals surface area contributed by atoms with Crippen LogP contribution in [0.5, 0.6) is 0 Å². The summed E-state index contributed by atoms with van der Waals surface area (Å²) in [5.41, 5.74) is 16.7. The minimum absolute atomic E-state index is 0.119. The second kappa shape index (κ2) is 21.9. The van der Waals surface area contributed by atoms with Crippen LogP contribution in [-0.4, -0.2) is 94.0 Å². The summed E-state index contributed by atoms with van der Waals surface area (Å²) in [7, 11) is 2.58. The van der Waals surface area contributed by atoms with Crippen LogP contribution in [0.15, 0.2) is 94.5 Å². The Hall–Kier alpha value is -5.81. The summed E-state index contributed by atoms with van der Waals surface area (Å²) in [5, 5.41) is 5.39. The van der Waals surface area contributed by atoms with Crippen LogP contribution in [0.4, 0.5) is 9.59 Å². The van der Waals surface area contributed by atoms with Gasteiger partial charge >= 0.3 is 12.2 Å². The third-order valence-corrected chi connectivity index (χ3v) is 14.8. The maximum absolute atomic E-state index is 13.8. The van der Waals surface area contributed by atoms with Crippen LogP contribution in [-0.2, 0) is 23.9 Å². The van der Waals surface area contributed by atoms with E-state index in [1.807, 2.05) is 32.6 Å². The van der Waals surface area contributed by atoms with E-state index in [0.29, 0.717) is 31.1 Å². The number of H-pyrrole nitrogens is 1. The molecule has 2 saturated heterocycles. The average Bonchev–Trinajstić information content (AvgIpc) is 3.68. The number of nitrogens with one attached hydrogen (secondary N) is 4. The molecule has 2 aliphatic heterocycles. The Balaban J connectivity index is 0.941. The van der Waals surface area contributed by atoms with Crippen LogP contribution in [0.1, 0.15) is 132 Å². The lowest BCUT2D eigenvalue weighted by Gasteiger charge is -2.30. The van der Waals surface area contributed by atoms with Gasteiger partial charge in [-0.05, 0) is 120 Å². The smallest absolute Gasteiger partial charge is 0.407 e. The predicted octanol–water partition coefficient (Wildman–Crippen LogP) is 8.60. The molecule has 2 aromatic heterocycles. The summed E-state index contributed by atoms with van der Waals surface area (Å²) in [4.78, 5) is 69.3. The Morgan fingerprint density at radius 1 is 0.797 bits per heavy atom. The van der Waals surface area contributed by atoms with E-state index in [-0.39, 0.29) is 47.6 Å². The quantitative estimate of drug-likeness (QED) is 0.102. The van der Waals surface area contributed by atoms with Crippen molar-refractivity contribution >= 4 is 45.5 Å². The number of nitrogens with zero attached hydrogens (tertiary/aromatic N) is 4. The molecular formula is C52H68BrN9O7. The number of nitrogens with two attached hydrogens (primary N) is 1. The van der Waals surface area contributed by atoms with Crippen molar-refractivity contribution in [2.45, 2.75) is 128 Å². The van der Waals surface area contributed by atoms with Gasteiger partial charge in [0.2, 0.25) is 11.8 Å². The van der Waals surface area contributed by atoms with Crippen LogP contribution < -0.4 is 21.8 Å². The predicted molar refractivity (Wildman–Crippen MR) is 267 cm³/mol. The molecule has 1 saturated carbocycles. The minimum Gasteiger partial charge on any atom is -0.453 e. The van der Waals surface area contributed by atoms with Gasteiger partial charge in [0.15, 0.2) is 6.23 Å². The number of allylic oxidation sites excluding steroid dienone is 11. The number of alkyl carbamates (subject to hydrolysis) is 2. The highest BCUT2D eigenvalue weighted by Crippen LogP contribution is 2.43. The number of rotatable bonds is 16. The number of amides is 4. The lowest BCUT2D eigenvalue weighted by molar-refractivity contribution is -0.149. The van der Waals surface area contributed by atoms with Crippen LogP contribution in [0.3, 0.4) is 0 Å². The first kappa shape index (κ1) is 49.6. The highest BCUT2D eigenvalue weighted by molar-refractivity contribution is 9.10. The number of ether oxygens (including phenoxy) is 2. The summed E-state index contributed by atoms with van der Waals surface area (Å²) in [6, 6.07) is 3.08. The van der Waals surface area contributed by atoms with Gasteiger partial charge in [-0.15, -0.1) is 0 Å². The van der Waals surface area contributed by atoms with Crippen molar-refractivity contribution in [2.75, 3.05) is 27.3 Å². The number of hydrogen-bond acceptors (Lipinski definition) is 10. The summed E-state index contributed by atoms with van der Waals surface area (Å²) in [6.45, 7) is 8.69. The Labute approximate surface area is 413 Å². The van der Waals surface area contributed by atoms with E-state index in [2.05, 4.69) is 108 Å². The van der Waals surface area contributed by atoms with E-state index in [0.717, 1.165) is 65.8 Å². The normalized spacial score (nSPS) is 24.5. The van der Waals surface area contributed by atoms with Crippen LogP contribution >= 0.6 is 15.9 Å². The number of likely N-dealkylation sites (tertiary alicyclic amines) is 2. The number of halogens is 1. The lowest BCUT2D eigenvalue weighted by Crippen LogP contribution is -2.53. The molecule has 0 spiro atoms. The molecule has 370 valence electrons. The van der Waals surface area contributed by atoms with Crippen molar-refractivity contribution in [3.8, 4) is 0 Å². The molecule has 3 fully saturated rings. The minimum atomic E-state index is -0.733. The van der Waals surface area contributed by atoms with Crippen molar-refractivity contribution in [2.24, 2.45) is 23.5 Å². The topological polar surface area (TPSA) is 198 Å². The van der Waals surface area contributed by atoms with Gasteiger partial charge in [-0.2, -0.15) is 0 Å². The fourth-order valence-electron chi connectivity index (χ4n) is 10.2. The van der Waals surface area contributed by atoms with Gasteiger partial charge in [0.05, 0.1) is 32.0 Å². The number of aromatic nitrogens is 3. The first-order chi connectivity index (χ1) is 33.3. The molecule has 4 amide bonds. The largest absolute Gasteiger partial charge is 0.453 e. The second-order valence-electron chi connectivity index (χ2n) is 19.6. The van der Waals surface area contributed by atoms with Gasteiger partial charge < -0.3 is 45.2 Å². The summed E-state index contributed by atoms with van der Waals surface area (Å²) in [5.74, 6) is 1.09. The van der Waals surface area contributed by atoms with Gasteiger partial charge in [-0.1, -0.05) is 82.4 Å². The van der Waals surface area contributed by atoms with Crippen LogP contribution in [0, 0.1) is 17.8 Å². The number of aromatic amines is 1. The number of carbonyl (C=O) groups is 4.